The van der Waals surface area contributed by atoms with Crippen molar-refractivity contribution in [2.45, 2.75) is 18.9 Å². The molecule has 76 valence electrons. The van der Waals surface area contributed by atoms with Gasteiger partial charge in [-0.25, -0.2) is 0 Å². The quantitative estimate of drug-likeness (QED) is 0.713. The smallest absolute Gasteiger partial charge is 0.147 e. The molecule has 1 saturated heterocycles. The molecule has 1 aromatic rings. The summed E-state index contributed by atoms with van der Waals surface area (Å²) in [7, 11) is 0. The summed E-state index contributed by atoms with van der Waals surface area (Å²) >= 11 is 5.83. The average molecular weight is 213 g/mol. The molecule has 0 spiro atoms. The Kier molecular flexibility index (Phi) is 2.77. The van der Waals surface area contributed by atoms with Gasteiger partial charge in [0.1, 0.15) is 6.79 Å². The van der Waals surface area contributed by atoms with Gasteiger partial charge < -0.3 is 9.47 Å². The third kappa shape index (κ3) is 1.92. The normalized spacial score (nSPS) is 27.6. The maximum atomic E-state index is 5.83. The molecule has 2 rings (SSSR count). The standard InChI is InChI=1S/C11H13ClO2/c1-11(6-7-13-8-14-11)9-2-4-10(12)5-3-9/h2-5H,6-8H2,1H3/t11-/m0/s1. The van der Waals surface area contributed by atoms with Gasteiger partial charge in [0.15, 0.2) is 0 Å². The fourth-order valence-electron chi connectivity index (χ4n) is 1.60. The summed E-state index contributed by atoms with van der Waals surface area (Å²) < 4.78 is 10.8. The summed E-state index contributed by atoms with van der Waals surface area (Å²) in [5.74, 6) is 0. The minimum Gasteiger partial charge on any atom is -0.355 e. The molecule has 0 aromatic heterocycles. The molecule has 0 unspecified atom stereocenters. The van der Waals surface area contributed by atoms with Crippen LogP contribution in [0.1, 0.15) is 18.9 Å². The third-order valence-electron chi connectivity index (χ3n) is 2.64. The van der Waals surface area contributed by atoms with Crippen LogP contribution in [-0.2, 0) is 15.1 Å². The van der Waals surface area contributed by atoms with Crippen LogP contribution in [0.4, 0.5) is 0 Å². The Labute approximate surface area is 88.8 Å². The molecule has 14 heavy (non-hydrogen) atoms. The molecule has 0 amide bonds. The highest BCUT2D eigenvalue weighted by Crippen LogP contribution is 2.32. The molecule has 1 aromatic carbocycles. The van der Waals surface area contributed by atoms with Crippen LogP contribution < -0.4 is 0 Å². The molecule has 0 saturated carbocycles. The average Bonchev–Trinajstić information content (AvgIpc) is 2.19. The zero-order valence-electron chi connectivity index (χ0n) is 8.13. The minimum absolute atomic E-state index is 0.219. The highest BCUT2D eigenvalue weighted by molar-refractivity contribution is 6.30. The largest absolute Gasteiger partial charge is 0.355 e. The maximum absolute atomic E-state index is 5.83. The Morgan fingerprint density at radius 1 is 1.29 bits per heavy atom. The minimum atomic E-state index is -0.219. The van der Waals surface area contributed by atoms with Crippen LogP contribution in [0.5, 0.6) is 0 Å². The van der Waals surface area contributed by atoms with E-state index in [2.05, 4.69) is 6.92 Å². The Morgan fingerprint density at radius 3 is 2.57 bits per heavy atom. The van der Waals surface area contributed by atoms with Gasteiger partial charge in [-0.15, -0.1) is 0 Å². The summed E-state index contributed by atoms with van der Waals surface area (Å²) in [4.78, 5) is 0. The van der Waals surface area contributed by atoms with Gasteiger partial charge in [-0.1, -0.05) is 23.7 Å². The summed E-state index contributed by atoms with van der Waals surface area (Å²) in [6, 6.07) is 7.79. The van der Waals surface area contributed by atoms with Gasteiger partial charge in [0, 0.05) is 11.4 Å². The van der Waals surface area contributed by atoms with Gasteiger partial charge in [-0.3, -0.25) is 0 Å². The van der Waals surface area contributed by atoms with Crippen molar-refractivity contribution in [3.05, 3.63) is 34.9 Å². The number of hydrogen-bond donors (Lipinski definition) is 0. The molecule has 2 nitrogen and oxygen atoms in total. The lowest BCUT2D eigenvalue weighted by atomic mass is 9.92. The van der Waals surface area contributed by atoms with E-state index in [0.717, 1.165) is 23.6 Å². The molecule has 3 heteroatoms. The third-order valence-corrected chi connectivity index (χ3v) is 2.89. The van der Waals surface area contributed by atoms with Gasteiger partial charge in [-0.2, -0.15) is 0 Å². The van der Waals surface area contributed by atoms with Crippen molar-refractivity contribution in [1.82, 2.24) is 0 Å². The Balaban J connectivity index is 2.23. The fourth-order valence-corrected chi connectivity index (χ4v) is 1.73. The van der Waals surface area contributed by atoms with Crippen molar-refractivity contribution in [2.75, 3.05) is 13.4 Å². The van der Waals surface area contributed by atoms with E-state index in [0.29, 0.717) is 6.79 Å². The van der Waals surface area contributed by atoms with Crippen molar-refractivity contribution < 1.29 is 9.47 Å². The maximum Gasteiger partial charge on any atom is 0.147 e. The second-order valence-electron chi connectivity index (χ2n) is 3.66. The lowest BCUT2D eigenvalue weighted by Gasteiger charge is -2.34. The predicted molar refractivity (Wildman–Crippen MR) is 55.3 cm³/mol. The first-order valence-electron chi connectivity index (χ1n) is 4.68. The number of ether oxygens (including phenoxy) is 2. The number of halogens is 1. The first kappa shape index (κ1) is 9.97. The number of rotatable bonds is 1. The van der Waals surface area contributed by atoms with E-state index < -0.39 is 0 Å². The van der Waals surface area contributed by atoms with Crippen LogP contribution >= 0.6 is 11.6 Å². The first-order valence-corrected chi connectivity index (χ1v) is 5.06. The van der Waals surface area contributed by atoms with Crippen molar-refractivity contribution in [2.24, 2.45) is 0 Å². The first-order chi connectivity index (χ1) is 6.71. The van der Waals surface area contributed by atoms with E-state index in [4.69, 9.17) is 21.1 Å². The topological polar surface area (TPSA) is 18.5 Å². The molecule has 0 aliphatic carbocycles. The van der Waals surface area contributed by atoms with E-state index in [1.54, 1.807) is 0 Å². The lowest BCUT2D eigenvalue weighted by Crippen LogP contribution is -2.33. The Hall–Kier alpha value is -0.570. The Morgan fingerprint density at radius 2 is 2.00 bits per heavy atom. The molecule has 1 fully saturated rings. The van der Waals surface area contributed by atoms with Crippen molar-refractivity contribution in [3.8, 4) is 0 Å². The van der Waals surface area contributed by atoms with Gasteiger partial charge in [0.25, 0.3) is 0 Å². The van der Waals surface area contributed by atoms with E-state index in [-0.39, 0.29) is 5.60 Å². The monoisotopic (exact) mass is 212 g/mol. The van der Waals surface area contributed by atoms with Gasteiger partial charge in [0.2, 0.25) is 0 Å². The van der Waals surface area contributed by atoms with E-state index >= 15 is 0 Å². The molecule has 1 aliphatic heterocycles. The zero-order chi connectivity index (χ0) is 10.0. The van der Waals surface area contributed by atoms with Crippen LogP contribution in [0.3, 0.4) is 0 Å². The highest BCUT2D eigenvalue weighted by Gasteiger charge is 2.30. The number of hydrogen-bond acceptors (Lipinski definition) is 2. The summed E-state index contributed by atoms with van der Waals surface area (Å²) in [5.41, 5.74) is 0.938. The molecular weight excluding hydrogens is 200 g/mol. The number of benzene rings is 1. The second-order valence-corrected chi connectivity index (χ2v) is 4.09. The van der Waals surface area contributed by atoms with Gasteiger partial charge >= 0.3 is 0 Å². The van der Waals surface area contributed by atoms with Gasteiger partial charge in [0.05, 0.1) is 12.2 Å². The molecule has 1 atom stereocenters. The van der Waals surface area contributed by atoms with Crippen LogP contribution in [0.25, 0.3) is 0 Å². The molecule has 0 N–H and O–H groups in total. The van der Waals surface area contributed by atoms with E-state index in [1.807, 2.05) is 24.3 Å². The SMILES string of the molecule is C[C@@]1(c2ccc(Cl)cc2)CCOCO1. The van der Waals surface area contributed by atoms with Crippen LogP contribution in [0, 0.1) is 0 Å². The molecule has 0 bridgehead atoms. The van der Waals surface area contributed by atoms with Crippen molar-refractivity contribution >= 4 is 11.6 Å². The van der Waals surface area contributed by atoms with Crippen LogP contribution in [0.15, 0.2) is 24.3 Å². The predicted octanol–water partition coefficient (Wildman–Crippen LogP) is 2.95. The molecule has 1 aliphatic rings. The molecular formula is C11H13ClO2. The molecule has 0 radical (unpaired) electrons. The van der Waals surface area contributed by atoms with Crippen molar-refractivity contribution in [3.63, 3.8) is 0 Å². The van der Waals surface area contributed by atoms with Crippen LogP contribution in [-0.4, -0.2) is 13.4 Å². The highest BCUT2D eigenvalue weighted by atomic mass is 35.5. The van der Waals surface area contributed by atoms with Crippen molar-refractivity contribution in [1.29, 1.82) is 0 Å². The summed E-state index contributed by atoms with van der Waals surface area (Å²) in [6.07, 6.45) is 0.884. The summed E-state index contributed by atoms with van der Waals surface area (Å²) in [5, 5.41) is 0.754. The van der Waals surface area contributed by atoms with Gasteiger partial charge in [-0.05, 0) is 24.6 Å². The molecule has 1 heterocycles. The second kappa shape index (κ2) is 3.89. The zero-order valence-corrected chi connectivity index (χ0v) is 8.88. The van der Waals surface area contributed by atoms with Crippen LogP contribution in [0.2, 0.25) is 5.02 Å². The Bertz CT molecular complexity index is 302. The van der Waals surface area contributed by atoms with E-state index in [9.17, 15) is 0 Å². The lowest BCUT2D eigenvalue weighted by molar-refractivity contribution is -0.191. The van der Waals surface area contributed by atoms with E-state index in [1.165, 1.54) is 0 Å². The fraction of sp³-hybridized carbons (Fsp3) is 0.455. The summed E-state index contributed by atoms with van der Waals surface area (Å²) in [6.45, 7) is 3.21.